The first-order valence-corrected chi connectivity index (χ1v) is 8.35. The maximum absolute atomic E-state index is 5.44. The molecule has 0 amide bonds. The van der Waals surface area contributed by atoms with Crippen molar-refractivity contribution >= 4 is 11.0 Å². The summed E-state index contributed by atoms with van der Waals surface area (Å²) in [6.07, 6.45) is 1.91. The van der Waals surface area contributed by atoms with Crippen LogP contribution < -0.4 is 9.47 Å². The molecule has 0 aliphatic carbocycles. The van der Waals surface area contributed by atoms with Crippen molar-refractivity contribution in [3.05, 3.63) is 66.9 Å². The first-order chi connectivity index (χ1) is 12.7. The number of nitrogens with zero attached hydrogens (tertiary/aromatic N) is 2. The van der Waals surface area contributed by atoms with Crippen molar-refractivity contribution in [2.45, 2.75) is 0 Å². The number of rotatable bonds is 4. The highest BCUT2D eigenvalue weighted by Crippen LogP contribution is 2.34. The van der Waals surface area contributed by atoms with Crippen molar-refractivity contribution in [2.75, 3.05) is 14.2 Å². The molecule has 2 aromatic heterocycles. The summed E-state index contributed by atoms with van der Waals surface area (Å²) in [4.78, 5) is 4.65. The molecule has 0 aliphatic rings. The highest BCUT2D eigenvalue weighted by atomic mass is 16.5. The van der Waals surface area contributed by atoms with Crippen molar-refractivity contribution in [3.63, 3.8) is 0 Å². The highest BCUT2D eigenvalue weighted by molar-refractivity contribution is 5.87. The first-order valence-electron chi connectivity index (χ1n) is 8.35. The Morgan fingerprint density at radius 2 is 1.62 bits per heavy atom. The van der Waals surface area contributed by atoms with Gasteiger partial charge >= 0.3 is 0 Å². The minimum atomic E-state index is 0.712. The quantitative estimate of drug-likeness (QED) is 0.538. The number of hydrogen-bond acceptors (Lipinski definition) is 3. The van der Waals surface area contributed by atoms with Crippen molar-refractivity contribution < 1.29 is 9.47 Å². The largest absolute Gasteiger partial charge is 0.493 e. The van der Waals surface area contributed by atoms with E-state index >= 15 is 0 Å². The van der Waals surface area contributed by atoms with Crippen molar-refractivity contribution in [1.29, 1.82) is 0 Å². The second kappa shape index (κ2) is 6.56. The lowest BCUT2D eigenvalue weighted by Gasteiger charge is -2.10. The van der Waals surface area contributed by atoms with E-state index in [1.54, 1.807) is 14.2 Å². The lowest BCUT2D eigenvalue weighted by Crippen LogP contribution is -1.94. The molecule has 26 heavy (non-hydrogen) atoms. The van der Waals surface area contributed by atoms with E-state index in [4.69, 9.17) is 9.47 Å². The minimum Gasteiger partial charge on any atom is -0.493 e. The van der Waals surface area contributed by atoms with Gasteiger partial charge in [0.2, 0.25) is 0 Å². The van der Waals surface area contributed by atoms with Crippen molar-refractivity contribution in [3.8, 4) is 33.9 Å². The fourth-order valence-electron chi connectivity index (χ4n) is 3.21. The number of benzene rings is 2. The van der Waals surface area contributed by atoms with Crippen LogP contribution in [0.2, 0.25) is 0 Å². The maximum Gasteiger partial charge on any atom is 0.161 e. The first kappa shape index (κ1) is 16.2. The number of aryl methyl sites for hydroxylation is 1. The van der Waals surface area contributed by atoms with Gasteiger partial charge in [-0.05, 0) is 42.0 Å². The molecule has 4 rings (SSSR count). The Hall–Kier alpha value is -3.27. The lowest BCUT2D eigenvalue weighted by atomic mass is 10.1. The molecule has 0 spiro atoms. The summed E-state index contributed by atoms with van der Waals surface area (Å²) in [6, 6.07) is 21.2. The second-order valence-corrected chi connectivity index (χ2v) is 6.08. The third-order valence-electron chi connectivity index (χ3n) is 4.62. The van der Waals surface area contributed by atoms with E-state index in [-0.39, 0.29) is 0 Å². The number of ether oxygens (including phenoxy) is 2. The third kappa shape index (κ3) is 2.69. The monoisotopic (exact) mass is 343 g/mol. The van der Waals surface area contributed by atoms with Crippen molar-refractivity contribution in [1.82, 2.24) is 9.55 Å². The average Bonchev–Trinajstić information content (AvgIpc) is 3.04. The van der Waals surface area contributed by atoms with Gasteiger partial charge in [0.25, 0.3) is 0 Å². The van der Waals surface area contributed by atoms with Crippen LogP contribution in [0.25, 0.3) is 33.4 Å². The van der Waals surface area contributed by atoms with Gasteiger partial charge in [0.15, 0.2) is 11.5 Å². The summed E-state index contributed by atoms with van der Waals surface area (Å²) < 4.78 is 12.9. The summed E-state index contributed by atoms with van der Waals surface area (Å²) in [5.41, 5.74) is 6.40. The van der Waals surface area contributed by atoms with Gasteiger partial charge in [-0.2, -0.15) is 0 Å². The van der Waals surface area contributed by atoms with Gasteiger partial charge in [-0.3, -0.25) is 4.98 Å². The summed E-state index contributed by atoms with van der Waals surface area (Å²) >= 11 is 0. The molecule has 1 radical (unpaired) electrons. The molecule has 0 fully saturated rings. The van der Waals surface area contributed by atoms with Gasteiger partial charge in [0, 0.05) is 24.4 Å². The van der Waals surface area contributed by atoms with Gasteiger partial charge in [0.05, 0.1) is 30.9 Å². The number of hydrogen-bond donors (Lipinski definition) is 0. The lowest BCUT2D eigenvalue weighted by molar-refractivity contribution is 0.355. The molecule has 4 heteroatoms. The van der Waals surface area contributed by atoms with Gasteiger partial charge in [0.1, 0.15) is 0 Å². The van der Waals surface area contributed by atoms with E-state index < -0.39 is 0 Å². The molecule has 0 saturated carbocycles. The molecule has 4 aromatic rings. The van der Waals surface area contributed by atoms with E-state index in [1.807, 2.05) is 48.7 Å². The molecule has 2 heterocycles. The molecule has 2 aromatic carbocycles. The van der Waals surface area contributed by atoms with E-state index in [9.17, 15) is 0 Å². The van der Waals surface area contributed by atoms with Crippen LogP contribution >= 0.6 is 0 Å². The molecule has 0 saturated heterocycles. The van der Waals surface area contributed by atoms with Gasteiger partial charge < -0.3 is 14.0 Å². The zero-order valence-electron chi connectivity index (χ0n) is 15.0. The van der Waals surface area contributed by atoms with E-state index in [0.717, 1.165) is 39.2 Å². The Balaban J connectivity index is 1.84. The van der Waals surface area contributed by atoms with Crippen LogP contribution in [-0.4, -0.2) is 23.8 Å². The van der Waals surface area contributed by atoms with Crippen LogP contribution in [-0.2, 0) is 7.05 Å². The Morgan fingerprint density at radius 3 is 2.35 bits per heavy atom. The van der Waals surface area contributed by atoms with Gasteiger partial charge in [-0.1, -0.05) is 24.3 Å². The number of methoxy groups -OCH3 is 2. The van der Waals surface area contributed by atoms with Gasteiger partial charge in [-0.25, -0.2) is 0 Å². The molecule has 0 atom stereocenters. The van der Waals surface area contributed by atoms with E-state index in [2.05, 4.69) is 34.8 Å². The van der Waals surface area contributed by atoms with Crippen LogP contribution in [0.1, 0.15) is 0 Å². The van der Waals surface area contributed by atoms with Crippen molar-refractivity contribution in [2.24, 2.45) is 7.05 Å². The van der Waals surface area contributed by atoms with Crippen LogP contribution in [0.3, 0.4) is 0 Å². The highest BCUT2D eigenvalue weighted by Gasteiger charge is 2.13. The van der Waals surface area contributed by atoms with Crippen LogP contribution in [0.5, 0.6) is 11.5 Å². The summed E-state index contributed by atoms with van der Waals surface area (Å²) in [6.45, 7) is 0. The summed E-state index contributed by atoms with van der Waals surface area (Å²) in [5.74, 6) is 1.43. The zero-order valence-corrected chi connectivity index (χ0v) is 15.0. The van der Waals surface area contributed by atoms with Crippen LogP contribution in [0.15, 0.2) is 60.8 Å². The third-order valence-corrected chi connectivity index (χ3v) is 4.62. The van der Waals surface area contributed by atoms with Crippen LogP contribution in [0.4, 0.5) is 0 Å². The standard InChI is InChI=1S/C22H19N2O2/c1-24-19(16-9-10-21(25-2)22(12-16)26-3)13-18-20(24)11-17(14-23-18)15-7-5-4-6-8-15/h5-14H,1-3H3. The minimum absolute atomic E-state index is 0.712. The predicted octanol–water partition coefficient (Wildman–Crippen LogP) is 4.72. The van der Waals surface area contributed by atoms with E-state index in [0.29, 0.717) is 5.75 Å². The molecule has 129 valence electrons. The smallest absolute Gasteiger partial charge is 0.161 e. The number of pyridine rings is 1. The summed E-state index contributed by atoms with van der Waals surface area (Å²) in [5, 5.41) is 0. The molecule has 0 aliphatic heterocycles. The molecule has 4 nitrogen and oxygen atoms in total. The fraction of sp³-hybridized carbons (Fsp3) is 0.136. The summed E-state index contributed by atoms with van der Waals surface area (Å²) in [7, 11) is 5.34. The molecule has 0 unspecified atom stereocenters. The second-order valence-electron chi connectivity index (χ2n) is 6.08. The average molecular weight is 343 g/mol. The normalized spacial score (nSPS) is 10.9. The molecular formula is C22H19N2O2. The van der Waals surface area contributed by atoms with Crippen LogP contribution in [0, 0.1) is 6.07 Å². The predicted molar refractivity (Wildman–Crippen MR) is 104 cm³/mol. The number of fused-ring (bicyclic) bond motifs is 1. The Bertz CT molecular complexity index is 1070. The molecule has 0 N–H and O–H groups in total. The Morgan fingerprint density at radius 1 is 0.846 bits per heavy atom. The van der Waals surface area contributed by atoms with E-state index in [1.165, 1.54) is 0 Å². The fourth-order valence-corrected chi connectivity index (χ4v) is 3.21. The topological polar surface area (TPSA) is 36.3 Å². The number of aromatic nitrogens is 2. The molecular weight excluding hydrogens is 324 g/mol. The molecule has 0 bridgehead atoms. The Kier molecular flexibility index (Phi) is 4.09. The SMILES string of the molecule is COc1ccc(-c2cc3ncc(-c4cc[c]cc4)cc3n2C)cc1OC. The maximum atomic E-state index is 5.44. The van der Waals surface area contributed by atoms with Gasteiger partial charge in [-0.15, -0.1) is 0 Å². The zero-order chi connectivity index (χ0) is 18.1. The Labute approximate surface area is 152 Å².